The SMILES string of the molecule is Cc1ccc(C=O)cc1OCC(=O)OCCCOC(=O)CCCC=CC[C@@H]1[C@@H](CCC(O)CCc2ccccc2)[C@H](O)C[C@@H]1O. The number of carbonyl (C=O) groups excluding carboxylic acids is 3. The number of aryl methyl sites for hydroxylation is 2. The van der Waals surface area contributed by atoms with Crippen molar-refractivity contribution in [2.75, 3.05) is 19.8 Å². The number of aliphatic hydroxyl groups excluding tert-OH is 3. The van der Waals surface area contributed by atoms with Crippen molar-refractivity contribution in [2.45, 2.75) is 89.4 Å². The van der Waals surface area contributed by atoms with Crippen LogP contribution in [-0.4, -0.2) is 71.7 Å². The maximum atomic E-state index is 12.0. The Morgan fingerprint density at radius 2 is 1.67 bits per heavy atom. The Balaban J connectivity index is 1.22. The third-order valence-corrected chi connectivity index (χ3v) is 8.30. The second-order valence-electron chi connectivity index (χ2n) is 11.8. The summed E-state index contributed by atoms with van der Waals surface area (Å²) in [6.07, 6.45) is 8.84. The zero-order chi connectivity index (χ0) is 32.4. The van der Waals surface area contributed by atoms with E-state index >= 15 is 0 Å². The van der Waals surface area contributed by atoms with E-state index in [2.05, 4.69) is 12.1 Å². The maximum absolute atomic E-state index is 12.0. The van der Waals surface area contributed by atoms with Crippen LogP contribution in [-0.2, 0) is 25.5 Å². The van der Waals surface area contributed by atoms with Gasteiger partial charge in [-0.05, 0) is 87.3 Å². The topological polar surface area (TPSA) is 140 Å². The summed E-state index contributed by atoms with van der Waals surface area (Å²) in [5, 5.41) is 31.5. The fourth-order valence-electron chi connectivity index (χ4n) is 5.68. The molecule has 1 unspecified atom stereocenters. The first-order chi connectivity index (χ1) is 21.8. The van der Waals surface area contributed by atoms with Gasteiger partial charge in [-0.1, -0.05) is 54.6 Å². The van der Waals surface area contributed by atoms with Gasteiger partial charge >= 0.3 is 11.9 Å². The predicted molar refractivity (Wildman–Crippen MR) is 170 cm³/mol. The Kier molecular flexibility index (Phi) is 15.8. The number of esters is 2. The Hall–Kier alpha value is -3.53. The van der Waals surface area contributed by atoms with Crippen molar-refractivity contribution in [2.24, 2.45) is 11.8 Å². The molecule has 246 valence electrons. The van der Waals surface area contributed by atoms with E-state index in [1.807, 2.05) is 37.3 Å². The zero-order valence-corrected chi connectivity index (χ0v) is 26.2. The lowest BCUT2D eigenvalue weighted by Gasteiger charge is -2.23. The summed E-state index contributed by atoms with van der Waals surface area (Å²) in [7, 11) is 0. The molecule has 1 aliphatic rings. The molecule has 0 amide bonds. The largest absolute Gasteiger partial charge is 0.482 e. The number of carbonyl (C=O) groups is 3. The second-order valence-corrected chi connectivity index (χ2v) is 11.8. The third kappa shape index (κ3) is 13.2. The van der Waals surface area contributed by atoms with Gasteiger partial charge in [-0.3, -0.25) is 9.59 Å². The minimum atomic E-state index is -0.567. The summed E-state index contributed by atoms with van der Waals surface area (Å²) >= 11 is 0. The first-order valence-electron chi connectivity index (χ1n) is 16.0. The van der Waals surface area contributed by atoms with Crippen molar-refractivity contribution in [3.05, 3.63) is 77.4 Å². The highest BCUT2D eigenvalue weighted by Crippen LogP contribution is 2.38. The molecule has 1 saturated carbocycles. The van der Waals surface area contributed by atoms with Crippen LogP contribution in [0, 0.1) is 18.8 Å². The van der Waals surface area contributed by atoms with Crippen LogP contribution in [0.4, 0.5) is 0 Å². The molecule has 0 saturated heterocycles. The molecule has 1 fully saturated rings. The fraction of sp³-hybridized carbons (Fsp3) is 0.528. The van der Waals surface area contributed by atoms with E-state index in [0.29, 0.717) is 69.0 Å². The van der Waals surface area contributed by atoms with Gasteiger partial charge < -0.3 is 29.5 Å². The lowest BCUT2D eigenvalue weighted by Crippen LogP contribution is -2.23. The van der Waals surface area contributed by atoms with E-state index in [-0.39, 0.29) is 44.0 Å². The molecule has 0 heterocycles. The maximum Gasteiger partial charge on any atom is 0.344 e. The van der Waals surface area contributed by atoms with E-state index in [4.69, 9.17) is 14.2 Å². The standard InChI is InChI=1S/C36H48O9/c1-26-14-15-28(24-37)22-34(26)45-25-36(42)44-21-9-20-43-35(41)13-8-3-2-7-12-30-31(33(40)23-32(30)39)19-18-29(38)17-16-27-10-5-4-6-11-27/h2,4-7,10-11,14-15,22,24,29-33,38-40H,3,8-9,12-13,16-21,23,25H2,1H3/t29?,30-,31-,32+,33-/m1/s1. The summed E-state index contributed by atoms with van der Waals surface area (Å²) in [4.78, 5) is 34.8. The molecule has 0 bridgehead atoms. The van der Waals surface area contributed by atoms with Crippen molar-refractivity contribution in [3.8, 4) is 5.75 Å². The monoisotopic (exact) mass is 624 g/mol. The number of hydrogen-bond acceptors (Lipinski definition) is 9. The number of hydrogen-bond donors (Lipinski definition) is 3. The number of ether oxygens (including phenoxy) is 3. The zero-order valence-electron chi connectivity index (χ0n) is 26.2. The average molecular weight is 625 g/mol. The second kappa shape index (κ2) is 19.8. The van der Waals surface area contributed by atoms with Gasteiger partial charge in [0.15, 0.2) is 6.61 Å². The molecule has 2 aromatic rings. The number of rotatable bonds is 20. The van der Waals surface area contributed by atoms with Crippen LogP contribution in [0.1, 0.15) is 79.3 Å². The fourth-order valence-corrected chi connectivity index (χ4v) is 5.68. The summed E-state index contributed by atoms with van der Waals surface area (Å²) in [5.74, 6) is -0.528. The quantitative estimate of drug-likeness (QED) is 0.0811. The number of allylic oxidation sites excluding steroid dienone is 2. The number of unbranched alkanes of at least 4 members (excludes halogenated alkanes) is 1. The Morgan fingerprint density at radius 3 is 2.42 bits per heavy atom. The van der Waals surface area contributed by atoms with Crippen LogP contribution in [0.15, 0.2) is 60.7 Å². The highest BCUT2D eigenvalue weighted by Gasteiger charge is 2.40. The van der Waals surface area contributed by atoms with Crippen LogP contribution in [0.3, 0.4) is 0 Å². The summed E-state index contributed by atoms with van der Waals surface area (Å²) in [6, 6.07) is 15.0. The van der Waals surface area contributed by atoms with Gasteiger partial charge in [-0.15, -0.1) is 0 Å². The van der Waals surface area contributed by atoms with Crippen LogP contribution in [0.5, 0.6) is 5.75 Å². The molecule has 1 aliphatic carbocycles. The number of aldehydes is 1. The minimum Gasteiger partial charge on any atom is -0.482 e. The van der Waals surface area contributed by atoms with Crippen LogP contribution < -0.4 is 4.74 Å². The average Bonchev–Trinajstić information content (AvgIpc) is 3.31. The van der Waals surface area contributed by atoms with Crippen LogP contribution >= 0.6 is 0 Å². The molecule has 9 heteroatoms. The molecular formula is C36H48O9. The van der Waals surface area contributed by atoms with Crippen molar-refractivity contribution in [1.82, 2.24) is 0 Å². The van der Waals surface area contributed by atoms with E-state index in [1.54, 1.807) is 18.2 Å². The Bertz CT molecular complexity index is 1210. The highest BCUT2D eigenvalue weighted by molar-refractivity contribution is 5.76. The molecule has 0 aromatic heterocycles. The molecule has 0 aliphatic heterocycles. The van der Waals surface area contributed by atoms with Crippen LogP contribution in [0.25, 0.3) is 0 Å². The molecule has 0 spiro atoms. The van der Waals surface area contributed by atoms with Gasteiger partial charge in [0.25, 0.3) is 0 Å². The predicted octanol–water partition coefficient (Wildman–Crippen LogP) is 4.91. The molecule has 3 N–H and O–H groups in total. The van der Waals surface area contributed by atoms with E-state index in [9.17, 15) is 29.7 Å². The minimum absolute atomic E-state index is 0.0533. The number of aliphatic hydroxyl groups is 3. The first kappa shape index (κ1) is 35.9. The molecule has 9 nitrogen and oxygen atoms in total. The summed E-state index contributed by atoms with van der Waals surface area (Å²) in [6.45, 7) is 1.77. The lowest BCUT2D eigenvalue weighted by atomic mass is 9.85. The molecule has 45 heavy (non-hydrogen) atoms. The summed E-state index contributed by atoms with van der Waals surface area (Å²) < 4.78 is 15.8. The Labute approximate surface area is 266 Å². The van der Waals surface area contributed by atoms with Crippen molar-refractivity contribution in [3.63, 3.8) is 0 Å². The summed E-state index contributed by atoms with van der Waals surface area (Å²) in [5.41, 5.74) is 2.45. The smallest absolute Gasteiger partial charge is 0.344 e. The van der Waals surface area contributed by atoms with E-state index in [1.165, 1.54) is 5.56 Å². The van der Waals surface area contributed by atoms with E-state index in [0.717, 1.165) is 12.0 Å². The van der Waals surface area contributed by atoms with Crippen molar-refractivity contribution in [1.29, 1.82) is 0 Å². The first-order valence-corrected chi connectivity index (χ1v) is 16.0. The molecule has 5 atom stereocenters. The van der Waals surface area contributed by atoms with Gasteiger partial charge in [-0.2, -0.15) is 0 Å². The van der Waals surface area contributed by atoms with Crippen LogP contribution in [0.2, 0.25) is 0 Å². The van der Waals surface area contributed by atoms with E-state index < -0.39 is 24.3 Å². The number of benzene rings is 2. The van der Waals surface area contributed by atoms with Crippen molar-refractivity contribution >= 4 is 18.2 Å². The van der Waals surface area contributed by atoms with Crippen molar-refractivity contribution < 1.29 is 43.9 Å². The van der Waals surface area contributed by atoms with Gasteiger partial charge in [0.1, 0.15) is 12.0 Å². The molecule has 0 radical (unpaired) electrons. The van der Waals surface area contributed by atoms with Gasteiger partial charge in [0, 0.05) is 18.4 Å². The highest BCUT2D eigenvalue weighted by atomic mass is 16.6. The Morgan fingerprint density at radius 1 is 0.933 bits per heavy atom. The molecular weight excluding hydrogens is 576 g/mol. The van der Waals surface area contributed by atoms with Gasteiger partial charge in [-0.25, -0.2) is 4.79 Å². The molecule has 3 rings (SSSR count). The molecule has 2 aromatic carbocycles. The normalized spacial score (nSPS) is 20.2. The lowest BCUT2D eigenvalue weighted by molar-refractivity contribution is -0.147. The third-order valence-electron chi connectivity index (χ3n) is 8.30. The van der Waals surface area contributed by atoms with Gasteiger partial charge in [0.05, 0.1) is 31.5 Å². The van der Waals surface area contributed by atoms with Gasteiger partial charge in [0.2, 0.25) is 0 Å².